The predicted molar refractivity (Wildman–Crippen MR) is 76.5 cm³/mol. The average molecular weight is 335 g/mol. The van der Waals surface area contributed by atoms with Gasteiger partial charge in [-0.05, 0) is 0 Å². The number of thiazole rings is 1. The van der Waals surface area contributed by atoms with Crippen molar-refractivity contribution in [2.75, 3.05) is 27.7 Å². The summed E-state index contributed by atoms with van der Waals surface area (Å²) in [6, 6.07) is 0. The first-order chi connectivity index (χ1) is 9.75. The Hall–Kier alpha value is -1.52. The van der Waals surface area contributed by atoms with Gasteiger partial charge in [0.25, 0.3) is 10.0 Å². The minimum Gasteiger partial charge on any atom is -0.464 e. The number of sulfonamides is 1. The fourth-order valence-electron chi connectivity index (χ4n) is 1.61. The molecular formula is C11H17N3O5S2. The van der Waals surface area contributed by atoms with Crippen molar-refractivity contribution in [3.8, 4) is 0 Å². The van der Waals surface area contributed by atoms with Gasteiger partial charge >= 0.3 is 5.97 Å². The zero-order valence-corrected chi connectivity index (χ0v) is 13.7. The number of nitrogens with zero attached hydrogens (tertiary/aromatic N) is 2. The first kappa shape index (κ1) is 17.5. The molecule has 0 saturated carbocycles. The molecule has 0 spiro atoms. The maximum absolute atomic E-state index is 12.4. The van der Waals surface area contributed by atoms with Crippen molar-refractivity contribution in [1.82, 2.24) is 14.6 Å². The van der Waals surface area contributed by atoms with Crippen LogP contribution in [0, 0.1) is 5.92 Å². The molecule has 1 atom stereocenters. The number of esters is 1. The van der Waals surface area contributed by atoms with Crippen molar-refractivity contribution in [3.05, 3.63) is 11.2 Å². The predicted octanol–water partition coefficient (Wildman–Crippen LogP) is -0.0677. The first-order valence-electron chi connectivity index (χ1n) is 5.95. The van der Waals surface area contributed by atoms with Gasteiger partial charge in [-0.15, -0.1) is 11.3 Å². The van der Waals surface area contributed by atoms with E-state index in [9.17, 15) is 18.0 Å². The van der Waals surface area contributed by atoms with Crippen molar-refractivity contribution in [3.63, 3.8) is 0 Å². The maximum atomic E-state index is 12.4. The van der Waals surface area contributed by atoms with Gasteiger partial charge in [-0.2, -0.15) is 4.31 Å². The highest BCUT2D eigenvalue weighted by atomic mass is 32.2. The highest BCUT2D eigenvalue weighted by Crippen LogP contribution is 2.24. The van der Waals surface area contributed by atoms with Crippen LogP contribution >= 0.6 is 11.3 Å². The van der Waals surface area contributed by atoms with Crippen LogP contribution in [0.1, 0.15) is 17.4 Å². The SMILES string of the molecule is CNC(=O)C(C)CN(C)S(=O)(=O)c1scnc1C(=O)OC. The average Bonchev–Trinajstić information content (AvgIpc) is 2.95. The molecule has 1 aromatic rings. The Kier molecular flexibility index (Phi) is 5.81. The second-order valence-corrected chi connectivity index (χ2v) is 7.38. The number of carbonyl (C=O) groups is 2. The number of methoxy groups -OCH3 is 1. The Labute approximate surface area is 127 Å². The molecule has 0 aliphatic heterocycles. The number of aromatic nitrogens is 1. The third-order valence-corrected chi connectivity index (χ3v) is 5.95. The van der Waals surface area contributed by atoms with Crippen molar-refractivity contribution in [1.29, 1.82) is 0 Å². The Balaban J connectivity index is 3.03. The summed E-state index contributed by atoms with van der Waals surface area (Å²) in [6.07, 6.45) is 0. The molecule has 1 aromatic heterocycles. The summed E-state index contributed by atoms with van der Waals surface area (Å²) in [6.45, 7) is 1.60. The molecule has 0 fully saturated rings. The quantitative estimate of drug-likeness (QED) is 0.730. The summed E-state index contributed by atoms with van der Waals surface area (Å²) in [7, 11) is 0.0594. The van der Waals surface area contributed by atoms with Gasteiger partial charge in [-0.3, -0.25) is 4.79 Å². The van der Waals surface area contributed by atoms with E-state index < -0.39 is 21.9 Å². The Morgan fingerprint density at radius 1 is 1.52 bits per heavy atom. The number of nitrogens with one attached hydrogen (secondary N) is 1. The molecule has 118 valence electrons. The molecule has 1 unspecified atom stereocenters. The fraction of sp³-hybridized carbons (Fsp3) is 0.545. The molecule has 0 aromatic carbocycles. The summed E-state index contributed by atoms with van der Waals surface area (Å²) in [5.41, 5.74) is 1.01. The van der Waals surface area contributed by atoms with Gasteiger partial charge in [0, 0.05) is 26.6 Å². The van der Waals surface area contributed by atoms with Crippen LogP contribution in [0.15, 0.2) is 9.72 Å². The zero-order chi connectivity index (χ0) is 16.2. The second-order valence-electron chi connectivity index (χ2n) is 4.28. The van der Waals surface area contributed by atoms with Crippen LogP contribution in [-0.2, 0) is 19.6 Å². The first-order valence-corrected chi connectivity index (χ1v) is 8.27. The summed E-state index contributed by atoms with van der Waals surface area (Å²) in [4.78, 5) is 26.7. The molecule has 0 radical (unpaired) electrons. The zero-order valence-electron chi connectivity index (χ0n) is 12.1. The van der Waals surface area contributed by atoms with Gasteiger partial charge in [-0.1, -0.05) is 6.92 Å². The van der Waals surface area contributed by atoms with Gasteiger partial charge < -0.3 is 10.1 Å². The van der Waals surface area contributed by atoms with Crippen molar-refractivity contribution < 1.29 is 22.7 Å². The van der Waals surface area contributed by atoms with E-state index in [4.69, 9.17) is 0 Å². The molecule has 10 heteroatoms. The van der Waals surface area contributed by atoms with Gasteiger partial charge in [0.1, 0.15) is 0 Å². The van der Waals surface area contributed by atoms with Crippen molar-refractivity contribution >= 4 is 33.2 Å². The maximum Gasteiger partial charge on any atom is 0.358 e. The van der Waals surface area contributed by atoms with Crippen LogP contribution < -0.4 is 5.32 Å². The number of amides is 1. The molecule has 0 aliphatic rings. The largest absolute Gasteiger partial charge is 0.464 e. The van der Waals surface area contributed by atoms with Gasteiger partial charge in [-0.25, -0.2) is 18.2 Å². The third kappa shape index (κ3) is 3.77. The lowest BCUT2D eigenvalue weighted by Crippen LogP contribution is -2.37. The van der Waals surface area contributed by atoms with Gasteiger partial charge in [0.2, 0.25) is 5.91 Å². The van der Waals surface area contributed by atoms with Gasteiger partial charge in [0.15, 0.2) is 9.90 Å². The lowest BCUT2D eigenvalue weighted by Gasteiger charge is -2.19. The molecular weight excluding hydrogens is 318 g/mol. The summed E-state index contributed by atoms with van der Waals surface area (Å²) in [5.74, 6) is -1.61. The van der Waals surface area contributed by atoms with E-state index in [0.717, 1.165) is 22.8 Å². The standard InChI is InChI=1S/C11H17N3O5S2/c1-7(9(15)12-2)5-14(3)21(17,18)11-8(10(16)19-4)13-6-20-11/h6-7H,5H2,1-4H3,(H,12,15). The van der Waals surface area contributed by atoms with Crippen LogP contribution in [0.2, 0.25) is 0 Å². The van der Waals surface area contributed by atoms with E-state index in [1.54, 1.807) is 6.92 Å². The van der Waals surface area contributed by atoms with Gasteiger partial charge in [0.05, 0.1) is 12.6 Å². The molecule has 1 N–H and O–H groups in total. The number of rotatable bonds is 6. The molecule has 0 bridgehead atoms. The fourth-order valence-corrected chi connectivity index (χ4v) is 4.19. The smallest absolute Gasteiger partial charge is 0.358 e. The van der Waals surface area contributed by atoms with Crippen LogP contribution in [0.25, 0.3) is 0 Å². The minimum atomic E-state index is -3.91. The topological polar surface area (TPSA) is 106 Å². The number of carbonyl (C=O) groups excluding carboxylic acids is 2. The van der Waals surface area contributed by atoms with E-state index in [1.165, 1.54) is 19.6 Å². The normalized spacial score (nSPS) is 13.0. The van der Waals surface area contributed by atoms with E-state index in [0.29, 0.717) is 0 Å². The number of ether oxygens (including phenoxy) is 1. The van der Waals surface area contributed by atoms with E-state index in [2.05, 4.69) is 15.0 Å². The Bertz CT molecular complexity index is 626. The minimum absolute atomic E-state index is 0.0134. The highest BCUT2D eigenvalue weighted by molar-refractivity contribution is 7.91. The van der Waals surface area contributed by atoms with Crippen LogP contribution in [-0.4, -0.2) is 57.3 Å². The molecule has 0 aliphatic carbocycles. The summed E-state index contributed by atoms with van der Waals surface area (Å²) >= 11 is 0.828. The summed E-state index contributed by atoms with van der Waals surface area (Å²) < 4.78 is 30.2. The second kappa shape index (κ2) is 6.96. The van der Waals surface area contributed by atoms with Crippen LogP contribution in [0.5, 0.6) is 0 Å². The van der Waals surface area contributed by atoms with E-state index in [1.807, 2.05) is 0 Å². The summed E-state index contributed by atoms with van der Waals surface area (Å²) in [5, 5.41) is 2.45. The number of hydrogen-bond acceptors (Lipinski definition) is 7. The van der Waals surface area contributed by atoms with E-state index >= 15 is 0 Å². The van der Waals surface area contributed by atoms with E-state index in [-0.39, 0.29) is 22.4 Å². The number of hydrogen-bond donors (Lipinski definition) is 1. The Morgan fingerprint density at radius 3 is 2.67 bits per heavy atom. The van der Waals surface area contributed by atoms with Crippen molar-refractivity contribution in [2.24, 2.45) is 5.92 Å². The molecule has 21 heavy (non-hydrogen) atoms. The monoisotopic (exact) mass is 335 g/mol. The lowest BCUT2D eigenvalue weighted by atomic mass is 10.2. The molecule has 1 amide bonds. The van der Waals surface area contributed by atoms with Crippen LogP contribution in [0.3, 0.4) is 0 Å². The third-order valence-electron chi connectivity index (χ3n) is 2.78. The van der Waals surface area contributed by atoms with Crippen LogP contribution in [0.4, 0.5) is 0 Å². The highest BCUT2D eigenvalue weighted by Gasteiger charge is 2.31. The molecule has 8 nitrogen and oxygen atoms in total. The lowest BCUT2D eigenvalue weighted by molar-refractivity contribution is -0.124. The van der Waals surface area contributed by atoms with Crippen molar-refractivity contribution in [2.45, 2.75) is 11.1 Å². The molecule has 1 rings (SSSR count). The molecule has 1 heterocycles. The Morgan fingerprint density at radius 2 is 2.14 bits per heavy atom. The molecule has 0 saturated heterocycles.